The van der Waals surface area contributed by atoms with Crippen molar-refractivity contribution in [3.05, 3.63) is 24.3 Å². The van der Waals surface area contributed by atoms with E-state index in [2.05, 4.69) is 17.6 Å². The lowest BCUT2D eigenvalue weighted by molar-refractivity contribution is -0.119. The number of amides is 2. The maximum Gasteiger partial charge on any atom is 0.243 e. The molecule has 1 atom stereocenters. The molecule has 0 bridgehead atoms. The van der Waals surface area contributed by atoms with Gasteiger partial charge in [-0.3, -0.25) is 9.59 Å². The molecule has 0 aliphatic carbocycles. The van der Waals surface area contributed by atoms with Crippen molar-refractivity contribution in [1.82, 2.24) is 9.62 Å². The average molecular weight is 367 g/mol. The number of nitrogens with one attached hydrogen (secondary N) is 2. The van der Waals surface area contributed by atoms with Crippen LogP contribution in [0, 0.1) is 5.92 Å². The lowest BCUT2D eigenvalue weighted by Crippen LogP contribution is -2.39. The average Bonchev–Trinajstić information content (AvgIpc) is 2.55. The number of sulfonamides is 1. The molecule has 0 spiro atoms. The maximum atomic E-state index is 12.7. The molecule has 0 radical (unpaired) electrons. The zero-order valence-corrected chi connectivity index (χ0v) is 15.4. The van der Waals surface area contributed by atoms with E-state index in [1.807, 2.05) is 0 Å². The predicted octanol–water partition coefficient (Wildman–Crippen LogP) is 1.57. The molecule has 0 saturated carbocycles. The van der Waals surface area contributed by atoms with E-state index in [4.69, 9.17) is 0 Å². The monoisotopic (exact) mass is 367 g/mol. The van der Waals surface area contributed by atoms with Crippen LogP contribution in [0.5, 0.6) is 0 Å². The van der Waals surface area contributed by atoms with Crippen LogP contribution in [0.15, 0.2) is 29.2 Å². The highest BCUT2D eigenvalue weighted by Crippen LogP contribution is 2.24. The minimum Gasteiger partial charge on any atom is -0.356 e. The van der Waals surface area contributed by atoms with E-state index >= 15 is 0 Å². The van der Waals surface area contributed by atoms with Crippen molar-refractivity contribution in [3.63, 3.8) is 0 Å². The van der Waals surface area contributed by atoms with Crippen molar-refractivity contribution in [2.45, 2.75) is 38.0 Å². The minimum absolute atomic E-state index is 0.158. The molecule has 2 N–H and O–H groups in total. The highest BCUT2D eigenvalue weighted by molar-refractivity contribution is 7.89. The van der Waals surface area contributed by atoms with Gasteiger partial charge in [0.15, 0.2) is 0 Å². The van der Waals surface area contributed by atoms with Crippen LogP contribution in [0.2, 0.25) is 0 Å². The van der Waals surface area contributed by atoms with Gasteiger partial charge in [-0.2, -0.15) is 4.31 Å². The van der Waals surface area contributed by atoms with Gasteiger partial charge >= 0.3 is 0 Å². The predicted molar refractivity (Wildman–Crippen MR) is 95.5 cm³/mol. The summed E-state index contributed by atoms with van der Waals surface area (Å²) >= 11 is 0. The molecule has 1 aliphatic heterocycles. The van der Waals surface area contributed by atoms with Crippen molar-refractivity contribution >= 4 is 27.5 Å². The van der Waals surface area contributed by atoms with Crippen molar-refractivity contribution in [2.24, 2.45) is 5.92 Å². The van der Waals surface area contributed by atoms with Crippen LogP contribution in [0.4, 0.5) is 5.69 Å². The van der Waals surface area contributed by atoms with E-state index in [1.54, 1.807) is 12.1 Å². The third-order valence-corrected chi connectivity index (χ3v) is 6.00. The van der Waals surface area contributed by atoms with Gasteiger partial charge in [0.25, 0.3) is 0 Å². The number of nitrogens with zero attached hydrogens (tertiary/aromatic N) is 1. The Hall–Kier alpha value is -1.93. The summed E-state index contributed by atoms with van der Waals surface area (Å²) in [6.45, 7) is 4.81. The van der Waals surface area contributed by atoms with E-state index in [0.29, 0.717) is 24.7 Å². The molecule has 25 heavy (non-hydrogen) atoms. The van der Waals surface area contributed by atoms with Gasteiger partial charge in [0.05, 0.1) is 4.90 Å². The van der Waals surface area contributed by atoms with Crippen molar-refractivity contribution in [2.75, 3.05) is 25.0 Å². The molecule has 1 heterocycles. The summed E-state index contributed by atoms with van der Waals surface area (Å²) in [6, 6.07) is 6.18. The summed E-state index contributed by atoms with van der Waals surface area (Å²) in [5.41, 5.74) is 0.527. The number of hydrogen-bond donors (Lipinski definition) is 2. The molecule has 1 aromatic rings. The van der Waals surface area contributed by atoms with Gasteiger partial charge in [0, 0.05) is 38.7 Å². The van der Waals surface area contributed by atoms with Crippen LogP contribution in [-0.2, 0) is 19.6 Å². The molecular weight excluding hydrogens is 342 g/mol. The Morgan fingerprint density at radius 2 is 1.92 bits per heavy atom. The Balaban J connectivity index is 1.97. The largest absolute Gasteiger partial charge is 0.356 e. The molecular formula is C17H25N3O4S. The number of rotatable bonds is 6. The third-order valence-electron chi connectivity index (χ3n) is 4.12. The van der Waals surface area contributed by atoms with Gasteiger partial charge in [0.2, 0.25) is 21.8 Å². The first-order valence-corrected chi connectivity index (χ1v) is 9.87. The van der Waals surface area contributed by atoms with Crippen LogP contribution in [0.3, 0.4) is 0 Å². The Morgan fingerprint density at radius 3 is 2.52 bits per heavy atom. The summed E-state index contributed by atoms with van der Waals surface area (Å²) in [5.74, 6) is -0.0608. The first-order valence-electron chi connectivity index (χ1n) is 8.43. The van der Waals surface area contributed by atoms with Gasteiger partial charge < -0.3 is 10.6 Å². The van der Waals surface area contributed by atoms with E-state index in [1.165, 1.54) is 23.4 Å². The summed E-state index contributed by atoms with van der Waals surface area (Å²) in [5, 5.41) is 5.23. The fourth-order valence-electron chi connectivity index (χ4n) is 2.80. The highest BCUT2D eigenvalue weighted by atomic mass is 32.2. The summed E-state index contributed by atoms with van der Waals surface area (Å²) < 4.78 is 26.9. The van der Waals surface area contributed by atoms with Gasteiger partial charge in [-0.15, -0.1) is 0 Å². The standard InChI is InChI=1S/C17H25N3O4S/c1-13-4-3-11-20(12-13)25(23,24)16-7-5-15(6-8-16)19-17(22)9-10-18-14(2)21/h5-8,13H,3-4,9-12H2,1-2H3,(H,18,21)(H,19,22). The van der Waals surface area contributed by atoms with Crippen LogP contribution < -0.4 is 10.6 Å². The number of anilines is 1. The van der Waals surface area contributed by atoms with Crippen LogP contribution >= 0.6 is 0 Å². The van der Waals surface area contributed by atoms with Gasteiger partial charge in [-0.05, 0) is 43.0 Å². The number of benzene rings is 1. The molecule has 1 aliphatic rings. The molecule has 2 amide bonds. The van der Waals surface area contributed by atoms with Gasteiger partial charge in [0.1, 0.15) is 0 Å². The second-order valence-corrected chi connectivity index (χ2v) is 8.35. The molecule has 1 aromatic carbocycles. The Bertz CT molecular complexity index is 716. The Morgan fingerprint density at radius 1 is 1.24 bits per heavy atom. The van der Waals surface area contributed by atoms with Crippen molar-refractivity contribution in [3.8, 4) is 0 Å². The van der Waals surface area contributed by atoms with E-state index in [-0.39, 0.29) is 29.7 Å². The molecule has 8 heteroatoms. The molecule has 7 nitrogen and oxygen atoms in total. The zero-order valence-electron chi connectivity index (χ0n) is 14.6. The van der Waals surface area contributed by atoms with Crippen LogP contribution in [0.25, 0.3) is 0 Å². The maximum absolute atomic E-state index is 12.7. The summed E-state index contributed by atoms with van der Waals surface area (Å²) in [6.07, 6.45) is 2.09. The van der Waals surface area contributed by atoms with Gasteiger partial charge in [-0.25, -0.2) is 8.42 Å². The number of carbonyl (C=O) groups is 2. The van der Waals surface area contributed by atoms with E-state index < -0.39 is 10.0 Å². The molecule has 138 valence electrons. The van der Waals surface area contributed by atoms with Crippen molar-refractivity contribution < 1.29 is 18.0 Å². The van der Waals surface area contributed by atoms with E-state index in [0.717, 1.165) is 12.8 Å². The topological polar surface area (TPSA) is 95.6 Å². The molecule has 1 fully saturated rings. The lowest BCUT2D eigenvalue weighted by atomic mass is 10.0. The first kappa shape index (κ1) is 19.4. The second-order valence-electron chi connectivity index (χ2n) is 6.42. The molecule has 2 rings (SSSR count). The normalized spacial score (nSPS) is 18.6. The fourth-order valence-corrected chi connectivity index (χ4v) is 4.40. The smallest absolute Gasteiger partial charge is 0.243 e. The number of hydrogen-bond acceptors (Lipinski definition) is 4. The van der Waals surface area contributed by atoms with Gasteiger partial charge in [-0.1, -0.05) is 6.92 Å². The number of piperidine rings is 1. The molecule has 0 aromatic heterocycles. The zero-order chi connectivity index (χ0) is 18.4. The highest BCUT2D eigenvalue weighted by Gasteiger charge is 2.28. The first-order chi connectivity index (χ1) is 11.8. The van der Waals surface area contributed by atoms with E-state index in [9.17, 15) is 18.0 Å². The summed E-state index contributed by atoms with van der Waals surface area (Å²) in [4.78, 5) is 22.8. The van der Waals surface area contributed by atoms with Crippen LogP contribution in [0.1, 0.15) is 33.1 Å². The summed E-state index contributed by atoms with van der Waals surface area (Å²) in [7, 11) is -3.49. The fraction of sp³-hybridized carbons (Fsp3) is 0.529. The van der Waals surface area contributed by atoms with Crippen molar-refractivity contribution in [1.29, 1.82) is 0 Å². The third kappa shape index (κ3) is 5.54. The number of carbonyl (C=O) groups excluding carboxylic acids is 2. The Labute approximate surface area is 148 Å². The quantitative estimate of drug-likeness (QED) is 0.798. The molecule has 1 unspecified atom stereocenters. The molecule has 1 saturated heterocycles. The van der Waals surface area contributed by atoms with Crippen LogP contribution in [-0.4, -0.2) is 44.2 Å². The second kappa shape index (κ2) is 8.44. The lowest BCUT2D eigenvalue weighted by Gasteiger charge is -2.30. The Kier molecular flexibility index (Phi) is 6.55. The SMILES string of the molecule is CC(=O)NCCC(=O)Nc1ccc(S(=O)(=O)N2CCCC(C)C2)cc1. The minimum atomic E-state index is -3.49.